The van der Waals surface area contributed by atoms with Gasteiger partial charge in [-0.1, -0.05) is 6.07 Å². The summed E-state index contributed by atoms with van der Waals surface area (Å²) >= 11 is 0. The van der Waals surface area contributed by atoms with E-state index < -0.39 is 11.7 Å². The van der Waals surface area contributed by atoms with Crippen LogP contribution >= 0.6 is 0 Å². The van der Waals surface area contributed by atoms with Gasteiger partial charge in [-0.05, 0) is 43.2 Å². The third kappa shape index (κ3) is 4.00. The van der Waals surface area contributed by atoms with Crippen LogP contribution in [-0.2, 0) is 11.0 Å². The van der Waals surface area contributed by atoms with Crippen molar-refractivity contribution in [2.45, 2.75) is 19.0 Å². The molecule has 0 bridgehead atoms. The number of anilines is 3. The standard InChI is InChI=1S/C16H14F3N3O/c17-16(18,19)11-2-1-3-12(8-11)21-13-6-7-14(20-9-13)22-15(23)10-4-5-10/h1-3,6-10,21H,4-5H2,(H,20,22,23). The minimum absolute atomic E-state index is 0.0453. The highest BCUT2D eigenvalue weighted by Crippen LogP contribution is 2.32. The number of amides is 1. The average Bonchev–Trinajstić information content (AvgIpc) is 3.33. The monoisotopic (exact) mass is 321 g/mol. The Labute approximate surface area is 130 Å². The van der Waals surface area contributed by atoms with Gasteiger partial charge >= 0.3 is 6.18 Å². The number of carbonyl (C=O) groups excluding carboxylic acids is 1. The van der Waals surface area contributed by atoms with Gasteiger partial charge in [0.05, 0.1) is 17.4 Å². The first-order valence-corrected chi connectivity index (χ1v) is 7.13. The van der Waals surface area contributed by atoms with E-state index in [9.17, 15) is 18.0 Å². The highest BCUT2D eigenvalue weighted by molar-refractivity contribution is 5.93. The zero-order valence-electron chi connectivity index (χ0n) is 12.0. The normalized spacial score (nSPS) is 14.4. The van der Waals surface area contributed by atoms with E-state index in [1.54, 1.807) is 12.1 Å². The molecule has 1 amide bonds. The Morgan fingerprint density at radius 2 is 1.91 bits per heavy atom. The quantitative estimate of drug-likeness (QED) is 0.887. The number of carbonyl (C=O) groups is 1. The second-order valence-corrected chi connectivity index (χ2v) is 5.40. The van der Waals surface area contributed by atoms with Gasteiger partial charge in [0.15, 0.2) is 0 Å². The number of rotatable bonds is 4. The summed E-state index contributed by atoms with van der Waals surface area (Å²) < 4.78 is 38.0. The summed E-state index contributed by atoms with van der Waals surface area (Å²) in [7, 11) is 0. The Morgan fingerprint density at radius 1 is 1.13 bits per heavy atom. The van der Waals surface area contributed by atoms with Crippen molar-refractivity contribution < 1.29 is 18.0 Å². The Kier molecular flexibility index (Phi) is 3.94. The van der Waals surface area contributed by atoms with E-state index in [1.807, 2.05) is 0 Å². The second-order valence-electron chi connectivity index (χ2n) is 5.40. The number of alkyl halides is 3. The van der Waals surface area contributed by atoms with E-state index in [4.69, 9.17) is 0 Å². The molecule has 0 spiro atoms. The SMILES string of the molecule is O=C(Nc1ccc(Nc2cccc(C(F)(F)F)c2)cn1)C1CC1. The maximum atomic E-state index is 12.7. The first-order valence-electron chi connectivity index (χ1n) is 7.13. The van der Waals surface area contributed by atoms with Crippen LogP contribution in [0.4, 0.5) is 30.4 Å². The van der Waals surface area contributed by atoms with Crippen molar-refractivity contribution in [3.63, 3.8) is 0 Å². The van der Waals surface area contributed by atoms with Crippen LogP contribution in [0.5, 0.6) is 0 Å². The van der Waals surface area contributed by atoms with Crippen molar-refractivity contribution in [3.8, 4) is 0 Å². The number of hydrogen-bond donors (Lipinski definition) is 2. The molecule has 23 heavy (non-hydrogen) atoms. The van der Waals surface area contributed by atoms with E-state index in [1.165, 1.54) is 18.3 Å². The van der Waals surface area contributed by atoms with Gasteiger partial charge in [0.2, 0.25) is 5.91 Å². The maximum absolute atomic E-state index is 12.7. The molecular weight excluding hydrogens is 307 g/mol. The van der Waals surface area contributed by atoms with Gasteiger partial charge in [-0.3, -0.25) is 4.79 Å². The van der Waals surface area contributed by atoms with E-state index in [0.29, 0.717) is 17.2 Å². The zero-order chi connectivity index (χ0) is 16.4. The van der Waals surface area contributed by atoms with Crippen molar-refractivity contribution in [2.75, 3.05) is 10.6 Å². The largest absolute Gasteiger partial charge is 0.416 e. The van der Waals surface area contributed by atoms with Crippen molar-refractivity contribution in [3.05, 3.63) is 48.2 Å². The van der Waals surface area contributed by atoms with E-state index in [0.717, 1.165) is 25.0 Å². The van der Waals surface area contributed by atoms with Gasteiger partial charge in [0, 0.05) is 11.6 Å². The Balaban J connectivity index is 1.67. The second kappa shape index (κ2) is 5.91. The van der Waals surface area contributed by atoms with E-state index in [2.05, 4.69) is 15.6 Å². The van der Waals surface area contributed by atoms with Crippen LogP contribution in [0, 0.1) is 5.92 Å². The molecule has 0 radical (unpaired) electrons. The smallest absolute Gasteiger partial charge is 0.354 e. The molecular formula is C16H14F3N3O. The third-order valence-electron chi connectivity index (χ3n) is 3.44. The van der Waals surface area contributed by atoms with Gasteiger partial charge in [0.1, 0.15) is 5.82 Å². The van der Waals surface area contributed by atoms with E-state index in [-0.39, 0.29) is 11.8 Å². The van der Waals surface area contributed by atoms with Crippen LogP contribution in [0.1, 0.15) is 18.4 Å². The average molecular weight is 321 g/mol. The minimum atomic E-state index is -4.38. The fourth-order valence-corrected chi connectivity index (χ4v) is 2.06. The van der Waals surface area contributed by atoms with Crippen molar-refractivity contribution in [1.29, 1.82) is 0 Å². The molecule has 1 heterocycles. The fourth-order valence-electron chi connectivity index (χ4n) is 2.06. The molecule has 4 nitrogen and oxygen atoms in total. The molecule has 1 aromatic carbocycles. The van der Waals surface area contributed by atoms with E-state index >= 15 is 0 Å². The number of benzene rings is 1. The number of aromatic nitrogens is 1. The lowest BCUT2D eigenvalue weighted by atomic mass is 10.2. The lowest BCUT2D eigenvalue weighted by Crippen LogP contribution is -2.14. The predicted molar refractivity (Wildman–Crippen MR) is 80.3 cm³/mol. The fraction of sp³-hybridized carbons (Fsp3) is 0.250. The Morgan fingerprint density at radius 3 is 2.52 bits per heavy atom. The van der Waals surface area contributed by atoms with Crippen LogP contribution in [0.2, 0.25) is 0 Å². The minimum Gasteiger partial charge on any atom is -0.354 e. The summed E-state index contributed by atoms with van der Waals surface area (Å²) in [5, 5.41) is 5.55. The van der Waals surface area contributed by atoms with Crippen LogP contribution in [0.25, 0.3) is 0 Å². The number of pyridine rings is 1. The Hall–Kier alpha value is -2.57. The zero-order valence-corrected chi connectivity index (χ0v) is 12.0. The van der Waals surface area contributed by atoms with Crippen LogP contribution in [-0.4, -0.2) is 10.9 Å². The lowest BCUT2D eigenvalue weighted by molar-refractivity contribution is -0.137. The predicted octanol–water partition coefficient (Wildman–Crippen LogP) is 4.19. The number of halogens is 3. The molecule has 1 aliphatic carbocycles. The molecule has 0 saturated heterocycles. The summed E-state index contributed by atoms with van der Waals surface area (Å²) in [6.45, 7) is 0. The molecule has 1 saturated carbocycles. The molecule has 3 rings (SSSR count). The molecule has 1 aliphatic rings. The van der Waals surface area contributed by atoms with Gasteiger partial charge in [-0.15, -0.1) is 0 Å². The van der Waals surface area contributed by atoms with Gasteiger partial charge < -0.3 is 10.6 Å². The highest BCUT2D eigenvalue weighted by Gasteiger charge is 2.30. The van der Waals surface area contributed by atoms with Crippen molar-refractivity contribution in [2.24, 2.45) is 5.92 Å². The first-order chi connectivity index (χ1) is 10.9. The van der Waals surface area contributed by atoms with Crippen LogP contribution in [0.3, 0.4) is 0 Å². The highest BCUT2D eigenvalue weighted by atomic mass is 19.4. The summed E-state index contributed by atoms with van der Waals surface area (Å²) in [4.78, 5) is 15.7. The van der Waals surface area contributed by atoms with Crippen molar-refractivity contribution >= 4 is 23.1 Å². The molecule has 1 fully saturated rings. The molecule has 2 N–H and O–H groups in total. The van der Waals surface area contributed by atoms with Crippen molar-refractivity contribution in [1.82, 2.24) is 4.98 Å². The maximum Gasteiger partial charge on any atom is 0.416 e. The topological polar surface area (TPSA) is 54.0 Å². The summed E-state index contributed by atoms with van der Waals surface area (Å²) in [6, 6.07) is 8.18. The molecule has 1 aromatic heterocycles. The molecule has 2 aromatic rings. The summed E-state index contributed by atoms with van der Waals surface area (Å²) in [6.07, 6.45) is -1.11. The first kappa shape index (κ1) is 15.3. The molecule has 0 unspecified atom stereocenters. The molecule has 0 aliphatic heterocycles. The van der Waals surface area contributed by atoms with Gasteiger partial charge in [0.25, 0.3) is 0 Å². The summed E-state index contributed by atoms with van der Waals surface area (Å²) in [5.74, 6) is 0.465. The Bertz CT molecular complexity index is 709. The lowest BCUT2D eigenvalue weighted by Gasteiger charge is -2.11. The van der Waals surface area contributed by atoms with Crippen LogP contribution in [0.15, 0.2) is 42.6 Å². The number of nitrogens with zero attached hydrogens (tertiary/aromatic N) is 1. The molecule has 120 valence electrons. The summed E-state index contributed by atoms with van der Waals surface area (Å²) in [5.41, 5.74) is 0.133. The van der Waals surface area contributed by atoms with Crippen LogP contribution < -0.4 is 10.6 Å². The van der Waals surface area contributed by atoms with Gasteiger partial charge in [-0.25, -0.2) is 4.98 Å². The molecule has 7 heteroatoms. The number of hydrogen-bond acceptors (Lipinski definition) is 3. The van der Waals surface area contributed by atoms with Gasteiger partial charge in [-0.2, -0.15) is 13.2 Å². The molecule has 0 atom stereocenters. The third-order valence-corrected chi connectivity index (χ3v) is 3.44. The number of nitrogens with one attached hydrogen (secondary N) is 2.